The molecule has 0 spiro atoms. The van der Waals surface area contributed by atoms with Gasteiger partial charge in [0.2, 0.25) is 11.8 Å². The molecule has 7 heteroatoms. The van der Waals surface area contributed by atoms with Gasteiger partial charge in [0.05, 0.1) is 23.3 Å². The van der Waals surface area contributed by atoms with Crippen molar-refractivity contribution in [1.82, 2.24) is 10.2 Å². The number of likely N-dealkylation sites (N-methyl/N-ethyl adjacent to an activating group) is 1. The Morgan fingerprint density at radius 3 is 2.48 bits per heavy atom. The van der Waals surface area contributed by atoms with E-state index in [1.807, 2.05) is 0 Å². The summed E-state index contributed by atoms with van der Waals surface area (Å²) in [6.07, 6.45) is 0.607. The summed E-state index contributed by atoms with van der Waals surface area (Å²) in [4.78, 5) is 26.1. The van der Waals surface area contributed by atoms with Crippen LogP contribution in [0.2, 0.25) is 5.02 Å². The van der Waals surface area contributed by atoms with Crippen molar-refractivity contribution in [2.75, 3.05) is 25.5 Å². The summed E-state index contributed by atoms with van der Waals surface area (Å²) in [5.74, 6) is -0.713. The average molecular weight is 392 g/mol. The standard InChI is InChI=1S/C20H23ClFN3O2/c1-14(20(27)23-12-11-15-7-9-16(22)10-8-15)25(2)13-19(26)24-18-6-4-3-5-17(18)21/h3-10,14H,11-13H2,1-2H3,(H,23,27)(H,24,26)/t14-/m0/s1. The number of hydrogen-bond donors (Lipinski definition) is 2. The minimum atomic E-state index is -0.477. The highest BCUT2D eigenvalue weighted by atomic mass is 35.5. The molecule has 2 amide bonds. The summed E-state index contributed by atoms with van der Waals surface area (Å²) in [5.41, 5.74) is 1.48. The number of anilines is 1. The fraction of sp³-hybridized carbons (Fsp3) is 0.300. The number of para-hydroxylation sites is 1. The minimum Gasteiger partial charge on any atom is -0.354 e. The third-order valence-electron chi connectivity index (χ3n) is 4.21. The molecule has 0 aliphatic rings. The van der Waals surface area contributed by atoms with E-state index in [2.05, 4.69) is 10.6 Å². The molecular weight excluding hydrogens is 369 g/mol. The quantitative estimate of drug-likeness (QED) is 0.727. The van der Waals surface area contributed by atoms with Gasteiger partial charge in [-0.05, 0) is 50.2 Å². The maximum absolute atomic E-state index is 12.9. The summed E-state index contributed by atoms with van der Waals surface area (Å²) < 4.78 is 12.9. The van der Waals surface area contributed by atoms with Crippen molar-refractivity contribution < 1.29 is 14.0 Å². The molecule has 1 atom stereocenters. The molecule has 0 bridgehead atoms. The Hall–Kier alpha value is -2.44. The smallest absolute Gasteiger partial charge is 0.238 e. The van der Waals surface area contributed by atoms with Gasteiger partial charge in [0, 0.05) is 6.54 Å². The predicted molar refractivity (Wildman–Crippen MR) is 105 cm³/mol. The Kier molecular flexibility index (Phi) is 7.76. The fourth-order valence-electron chi connectivity index (χ4n) is 2.44. The molecule has 2 aromatic carbocycles. The molecule has 0 saturated carbocycles. The van der Waals surface area contributed by atoms with Crippen LogP contribution in [0, 0.1) is 5.82 Å². The largest absolute Gasteiger partial charge is 0.354 e. The van der Waals surface area contributed by atoms with Crippen molar-refractivity contribution in [2.24, 2.45) is 0 Å². The van der Waals surface area contributed by atoms with Gasteiger partial charge in [0.1, 0.15) is 5.82 Å². The van der Waals surface area contributed by atoms with Crippen molar-refractivity contribution in [3.63, 3.8) is 0 Å². The van der Waals surface area contributed by atoms with E-state index in [9.17, 15) is 14.0 Å². The molecule has 27 heavy (non-hydrogen) atoms. The van der Waals surface area contributed by atoms with Crippen LogP contribution < -0.4 is 10.6 Å². The van der Waals surface area contributed by atoms with E-state index in [1.165, 1.54) is 12.1 Å². The van der Waals surface area contributed by atoms with E-state index >= 15 is 0 Å². The second kappa shape index (κ2) is 10.0. The topological polar surface area (TPSA) is 61.4 Å². The average Bonchev–Trinajstić information content (AvgIpc) is 2.64. The lowest BCUT2D eigenvalue weighted by atomic mass is 10.1. The van der Waals surface area contributed by atoms with Gasteiger partial charge in [-0.25, -0.2) is 4.39 Å². The van der Waals surface area contributed by atoms with Crippen molar-refractivity contribution in [3.05, 3.63) is 64.9 Å². The lowest BCUT2D eigenvalue weighted by molar-refractivity contribution is -0.126. The molecular formula is C20H23ClFN3O2. The first-order chi connectivity index (χ1) is 12.9. The molecule has 2 rings (SSSR count). The summed E-state index contributed by atoms with van der Waals surface area (Å²) in [5, 5.41) is 6.02. The first-order valence-corrected chi connectivity index (χ1v) is 9.01. The highest BCUT2D eigenvalue weighted by Crippen LogP contribution is 2.20. The van der Waals surface area contributed by atoms with Gasteiger partial charge in [-0.3, -0.25) is 14.5 Å². The van der Waals surface area contributed by atoms with E-state index in [0.29, 0.717) is 23.7 Å². The van der Waals surface area contributed by atoms with E-state index in [0.717, 1.165) is 5.56 Å². The van der Waals surface area contributed by atoms with Crippen molar-refractivity contribution in [3.8, 4) is 0 Å². The van der Waals surface area contributed by atoms with Gasteiger partial charge in [0.25, 0.3) is 0 Å². The molecule has 0 unspecified atom stereocenters. The number of nitrogens with one attached hydrogen (secondary N) is 2. The summed E-state index contributed by atoms with van der Waals surface area (Å²) in [7, 11) is 1.70. The van der Waals surface area contributed by atoms with Crippen LogP contribution in [0.15, 0.2) is 48.5 Å². The summed E-state index contributed by atoms with van der Waals surface area (Å²) in [6, 6.07) is 12.7. The second-order valence-electron chi connectivity index (χ2n) is 6.29. The molecule has 5 nitrogen and oxygen atoms in total. The van der Waals surface area contributed by atoms with Gasteiger partial charge < -0.3 is 10.6 Å². The molecule has 0 saturated heterocycles. The SMILES string of the molecule is C[C@@H](C(=O)NCCc1ccc(F)cc1)N(C)CC(=O)Nc1ccccc1Cl. The van der Waals surface area contributed by atoms with E-state index < -0.39 is 6.04 Å². The van der Waals surface area contributed by atoms with Gasteiger partial charge in [0.15, 0.2) is 0 Å². The number of nitrogens with zero attached hydrogens (tertiary/aromatic N) is 1. The van der Waals surface area contributed by atoms with Crippen molar-refractivity contribution >= 4 is 29.1 Å². The van der Waals surface area contributed by atoms with Crippen LogP contribution in [0.3, 0.4) is 0 Å². The zero-order chi connectivity index (χ0) is 19.8. The number of carbonyl (C=O) groups is 2. The van der Waals surface area contributed by atoms with Crippen molar-refractivity contribution in [1.29, 1.82) is 0 Å². The molecule has 2 aromatic rings. The van der Waals surface area contributed by atoms with Gasteiger partial charge >= 0.3 is 0 Å². The number of benzene rings is 2. The lowest BCUT2D eigenvalue weighted by Gasteiger charge is -2.23. The Labute approximate surface area is 163 Å². The third-order valence-corrected chi connectivity index (χ3v) is 4.54. The molecule has 144 valence electrons. The van der Waals surface area contributed by atoms with Crippen LogP contribution in [0.1, 0.15) is 12.5 Å². The lowest BCUT2D eigenvalue weighted by Crippen LogP contribution is -2.46. The van der Waals surface area contributed by atoms with E-state index in [1.54, 1.807) is 55.3 Å². The number of carbonyl (C=O) groups excluding carboxylic acids is 2. The molecule has 0 fully saturated rings. The second-order valence-corrected chi connectivity index (χ2v) is 6.69. The Balaban J connectivity index is 1.76. The molecule has 0 aliphatic heterocycles. The molecule has 2 N–H and O–H groups in total. The van der Waals surface area contributed by atoms with E-state index in [-0.39, 0.29) is 24.2 Å². The Morgan fingerprint density at radius 2 is 1.81 bits per heavy atom. The fourth-order valence-corrected chi connectivity index (χ4v) is 2.63. The highest BCUT2D eigenvalue weighted by molar-refractivity contribution is 6.33. The van der Waals surface area contributed by atoms with Gasteiger partial charge in [-0.15, -0.1) is 0 Å². The zero-order valence-electron chi connectivity index (χ0n) is 15.3. The predicted octanol–water partition coefficient (Wildman–Crippen LogP) is 3.10. The van der Waals surface area contributed by atoms with Crippen LogP contribution in [0.5, 0.6) is 0 Å². The zero-order valence-corrected chi connectivity index (χ0v) is 16.1. The third kappa shape index (κ3) is 6.66. The Bertz CT molecular complexity index is 783. The summed E-state index contributed by atoms with van der Waals surface area (Å²) in [6.45, 7) is 2.22. The molecule has 0 radical (unpaired) electrons. The monoisotopic (exact) mass is 391 g/mol. The molecule has 0 aliphatic carbocycles. The molecule has 0 heterocycles. The minimum absolute atomic E-state index is 0.0533. The summed E-state index contributed by atoms with van der Waals surface area (Å²) >= 11 is 6.02. The van der Waals surface area contributed by atoms with Crippen molar-refractivity contribution in [2.45, 2.75) is 19.4 Å². The first-order valence-electron chi connectivity index (χ1n) is 8.63. The van der Waals surface area contributed by atoms with Gasteiger partial charge in [-0.1, -0.05) is 35.9 Å². The maximum Gasteiger partial charge on any atom is 0.238 e. The number of amides is 2. The maximum atomic E-state index is 12.9. The number of rotatable bonds is 8. The van der Waals surface area contributed by atoms with Gasteiger partial charge in [-0.2, -0.15) is 0 Å². The van der Waals surface area contributed by atoms with E-state index in [4.69, 9.17) is 11.6 Å². The Morgan fingerprint density at radius 1 is 1.15 bits per heavy atom. The highest BCUT2D eigenvalue weighted by Gasteiger charge is 2.20. The van der Waals surface area contributed by atoms with Crippen LogP contribution in [-0.2, 0) is 16.0 Å². The van der Waals surface area contributed by atoms with Crippen LogP contribution in [0.25, 0.3) is 0 Å². The van der Waals surface area contributed by atoms with Crippen LogP contribution in [0.4, 0.5) is 10.1 Å². The van der Waals surface area contributed by atoms with Crippen LogP contribution in [-0.4, -0.2) is 42.9 Å². The van der Waals surface area contributed by atoms with Crippen LogP contribution >= 0.6 is 11.6 Å². The number of halogens is 2. The normalized spacial score (nSPS) is 11.9. The molecule has 0 aromatic heterocycles. The first kappa shape index (κ1) is 20.9. The number of hydrogen-bond acceptors (Lipinski definition) is 3.